The molecule has 0 aliphatic rings. The van der Waals surface area contributed by atoms with Gasteiger partial charge in [-0.05, 0) is 50.8 Å². The van der Waals surface area contributed by atoms with Gasteiger partial charge in [0.1, 0.15) is 0 Å². The summed E-state index contributed by atoms with van der Waals surface area (Å²) in [5.74, 6) is 0. The summed E-state index contributed by atoms with van der Waals surface area (Å²) in [5, 5.41) is 0. The molecule has 0 aromatic rings. The van der Waals surface area contributed by atoms with Crippen LogP contribution in [0.4, 0.5) is 0 Å². The zero-order valence-electron chi connectivity index (χ0n) is 30.4. The van der Waals surface area contributed by atoms with Gasteiger partial charge >= 0.3 is 0 Å². The maximum absolute atomic E-state index is 2.56. The molecule has 0 aromatic carbocycles. The molecule has 1 atom stereocenters. The molecule has 0 bridgehead atoms. The Morgan fingerprint density at radius 1 is 0.279 bits per heavy atom. The van der Waals surface area contributed by atoms with Crippen LogP contribution in [0.15, 0.2) is 0 Å². The summed E-state index contributed by atoms with van der Waals surface area (Å²) in [4.78, 5) is 0. The van der Waals surface area contributed by atoms with Crippen LogP contribution in [-0.4, -0.2) is 12.3 Å². The first kappa shape index (κ1) is 46.0. The van der Waals surface area contributed by atoms with E-state index in [0.29, 0.717) is 0 Å². The summed E-state index contributed by atoms with van der Waals surface area (Å²) in [6.45, 7) is 4.61. The van der Waals surface area contributed by atoms with Crippen molar-refractivity contribution in [3.05, 3.63) is 6.42 Å². The molecule has 0 amide bonds. The molecule has 0 aliphatic carbocycles. The molecule has 0 aliphatic heterocycles. The maximum atomic E-state index is 2.56. The maximum Gasteiger partial charge on any atom is 0.0875 e. The summed E-state index contributed by atoms with van der Waals surface area (Å²) in [7, 11) is 1.25. The van der Waals surface area contributed by atoms with Gasteiger partial charge in [0.25, 0.3) is 0 Å². The minimum absolute atomic E-state index is 0. The minimum atomic E-state index is 0. The number of hydrogen-bond acceptors (Lipinski definition) is 0. The Kier molecular flexibility index (Phi) is 48.2. The first-order valence-electron chi connectivity index (χ1n) is 20.4. The molecule has 0 saturated heterocycles. The van der Waals surface area contributed by atoms with Gasteiger partial charge in [-0.3, -0.25) is 0 Å². The van der Waals surface area contributed by atoms with Crippen molar-refractivity contribution in [3.8, 4) is 0 Å². The van der Waals surface area contributed by atoms with Gasteiger partial charge in [0, 0.05) is 18.6 Å². The second-order valence-electron chi connectivity index (χ2n) is 13.9. The summed E-state index contributed by atoms with van der Waals surface area (Å²) in [5.41, 5.74) is 0. The van der Waals surface area contributed by atoms with Gasteiger partial charge in [0.05, 0.1) is 19.3 Å². The summed E-state index contributed by atoms with van der Waals surface area (Å²) in [6.07, 6.45) is 58.5. The average Bonchev–Trinajstić information content (AvgIpc) is 3.00. The van der Waals surface area contributed by atoms with Gasteiger partial charge in [0.2, 0.25) is 0 Å². The van der Waals surface area contributed by atoms with E-state index in [1.165, 1.54) is 252 Å². The zero-order valence-corrected chi connectivity index (χ0v) is 32.8. The van der Waals surface area contributed by atoms with Gasteiger partial charge in [-0.1, -0.05) is 194 Å². The van der Waals surface area contributed by atoms with E-state index < -0.39 is 0 Å². The van der Waals surface area contributed by atoms with E-state index in [0.717, 1.165) is 0 Å². The fourth-order valence-corrected chi connectivity index (χ4v) is 7.69. The summed E-state index contributed by atoms with van der Waals surface area (Å²) >= 11 is 0. The third kappa shape index (κ3) is 45.1. The molecule has 0 nitrogen and oxygen atoms in total. The molecule has 0 heterocycles. The molecule has 0 aromatic heterocycles. The Labute approximate surface area is 289 Å². The van der Waals surface area contributed by atoms with E-state index in [1.54, 1.807) is 0 Å². The number of rotatable bonds is 39. The van der Waals surface area contributed by atoms with Crippen LogP contribution in [0.5, 0.6) is 0 Å². The van der Waals surface area contributed by atoms with Crippen LogP contribution in [0.1, 0.15) is 245 Å². The largest absolute Gasteiger partial charge is 0.122 e. The molecule has 2 heteroatoms. The molecule has 1 unspecified atom stereocenters. The summed E-state index contributed by atoms with van der Waals surface area (Å²) in [6, 6.07) is 0. The van der Waals surface area contributed by atoms with Crippen molar-refractivity contribution in [1.82, 2.24) is 0 Å². The van der Waals surface area contributed by atoms with Crippen molar-refractivity contribution in [2.45, 2.75) is 245 Å². The van der Waals surface area contributed by atoms with Gasteiger partial charge in [-0.2, -0.15) is 0 Å². The van der Waals surface area contributed by atoms with Gasteiger partial charge in [-0.15, -0.1) is 8.58 Å². The molecular formula is C41H84PV+. The number of unbranched alkanes of at least 4 members (excludes halogenated alkanes) is 35. The second-order valence-corrected chi connectivity index (χ2v) is 15.4. The minimum Gasteiger partial charge on any atom is -0.122 e. The van der Waals surface area contributed by atoms with E-state index in [9.17, 15) is 0 Å². The molecule has 257 valence electrons. The van der Waals surface area contributed by atoms with Crippen molar-refractivity contribution >= 4 is 8.58 Å². The molecule has 0 rings (SSSR count). The molecule has 0 N–H and O–H groups in total. The van der Waals surface area contributed by atoms with Crippen molar-refractivity contribution in [2.75, 3.05) is 12.3 Å². The van der Waals surface area contributed by atoms with Crippen LogP contribution in [0.2, 0.25) is 0 Å². The molecule has 1 radical (unpaired) electrons. The van der Waals surface area contributed by atoms with E-state index in [2.05, 4.69) is 20.3 Å². The van der Waals surface area contributed by atoms with E-state index in [4.69, 9.17) is 0 Å². The smallest absolute Gasteiger partial charge is 0.0875 e. The topological polar surface area (TPSA) is 0 Å². The Hall–Kier alpha value is 0.884. The Bertz CT molecular complexity index is 399. The van der Waals surface area contributed by atoms with Crippen LogP contribution in [0, 0.1) is 6.42 Å². The molecule has 43 heavy (non-hydrogen) atoms. The van der Waals surface area contributed by atoms with Crippen LogP contribution in [0.3, 0.4) is 0 Å². The van der Waals surface area contributed by atoms with Crippen molar-refractivity contribution in [3.63, 3.8) is 0 Å². The predicted octanol–water partition coefficient (Wildman–Crippen LogP) is 16.0. The van der Waals surface area contributed by atoms with E-state index in [1.807, 2.05) is 0 Å². The Morgan fingerprint density at radius 2 is 0.488 bits per heavy atom. The molecule has 0 fully saturated rings. The quantitative estimate of drug-likeness (QED) is 0.0350. The van der Waals surface area contributed by atoms with E-state index >= 15 is 0 Å². The zero-order chi connectivity index (χ0) is 30.3. The van der Waals surface area contributed by atoms with Crippen LogP contribution < -0.4 is 0 Å². The average molecular weight is 659 g/mol. The molecular weight excluding hydrogens is 574 g/mol. The molecule has 0 saturated carbocycles. The van der Waals surface area contributed by atoms with Gasteiger partial charge in [0.15, 0.2) is 0 Å². The third-order valence-electron chi connectivity index (χ3n) is 9.48. The third-order valence-corrected chi connectivity index (χ3v) is 10.9. The normalized spacial score (nSPS) is 11.5. The Morgan fingerprint density at radius 3 is 0.744 bits per heavy atom. The van der Waals surface area contributed by atoms with Crippen LogP contribution >= 0.6 is 8.58 Å². The van der Waals surface area contributed by atoms with Crippen molar-refractivity contribution < 1.29 is 18.6 Å². The predicted molar refractivity (Wildman–Crippen MR) is 200 cm³/mol. The number of hydrogen-bond donors (Lipinski definition) is 0. The SMILES string of the molecule is CCCCCCC[CH+]CCCCCCCCCCCCCPCCCCCCCCCCCCCCCCCCCC.[V]. The monoisotopic (exact) mass is 659 g/mol. The van der Waals surface area contributed by atoms with Crippen LogP contribution in [0.25, 0.3) is 0 Å². The van der Waals surface area contributed by atoms with Crippen LogP contribution in [-0.2, 0) is 18.6 Å². The summed E-state index contributed by atoms with van der Waals surface area (Å²) < 4.78 is 0. The second kappa shape index (κ2) is 45.0. The standard InChI is InChI=1S/C41H84P.V/c1-3-5-7-9-11-13-15-17-19-21-23-25-27-29-31-33-35-37-39-41-42-40-38-36-34-32-30-28-26-24-22-20-18-16-14-12-10-8-6-4-2;/h15,42H,3-14,16-41H2,1-2H3;/q+1;. The van der Waals surface area contributed by atoms with Gasteiger partial charge in [-0.25, -0.2) is 0 Å². The fourth-order valence-electron chi connectivity index (χ4n) is 6.44. The Balaban J connectivity index is 0. The van der Waals surface area contributed by atoms with Gasteiger partial charge < -0.3 is 0 Å². The first-order valence-corrected chi connectivity index (χ1v) is 21.9. The fraction of sp³-hybridized carbons (Fsp3) is 0.976. The van der Waals surface area contributed by atoms with Crippen molar-refractivity contribution in [2.24, 2.45) is 0 Å². The first-order chi connectivity index (χ1) is 20.9. The van der Waals surface area contributed by atoms with Crippen molar-refractivity contribution in [1.29, 1.82) is 0 Å². The van der Waals surface area contributed by atoms with E-state index in [-0.39, 0.29) is 18.6 Å². The molecule has 0 spiro atoms.